The number of hydrogen-bond donors (Lipinski definition) is 2. The monoisotopic (exact) mass is 281 g/mol. The molecule has 0 bridgehead atoms. The lowest BCUT2D eigenvalue weighted by Crippen LogP contribution is -2.34. The Bertz CT molecular complexity index is 451. The first-order valence-corrected chi connectivity index (χ1v) is 6.33. The van der Waals surface area contributed by atoms with Crippen LogP contribution in [0.25, 0.3) is 0 Å². The summed E-state index contributed by atoms with van der Waals surface area (Å²) in [4.78, 5) is 21.6. The number of ether oxygens (including phenoxy) is 1. The molecule has 0 atom stereocenters. The highest BCUT2D eigenvalue weighted by Gasteiger charge is 2.06. The predicted molar refractivity (Wildman–Crippen MR) is 74.3 cm³/mol. The largest absolute Gasteiger partial charge is 0.385 e. The average molecular weight is 281 g/mol. The molecule has 110 valence electrons. The van der Waals surface area contributed by atoms with Gasteiger partial charge in [0.2, 0.25) is 5.91 Å². The van der Waals surface area contributed by atoms with Crippen molar-refractivity contribution in [2.24, 2.45) is 0 Å². The molecule has 0 aliphatic carbocycles. The predicted octanol–water partition coefficient (Wildman–Crippen LogP) is 0.837. The van der Waals surface area contributed by atoms with Gasteiger partial charge < -0.3 is 15.4 Å². The van der Waals surface area contributed by atoms with E-state index in [-0.39, 0.29) is 18.1 Å². The first-order valence-electron chi connectivity index (χ1n) is 6.33. The summed E-state index contributed by atoms with van der Waals surface area (Å²) in [7, 11) is 1.61. The molecule has 0 saturated heterocycles. The fourth-order valence-corrected chi connectivity index (χ4v) is 1.61. The van der Waals surface area contributed by atoms with Gasteiger partial charge in [-0.25, -0.2) is 0 Å². The summed E-state index contributed by atoms with van der Waals surface area (Å²) < 4.78 is 4.87. The van der Waals surface area contributed by atoms with Gasteiger partial charge in [-0.3, -0.25) is 14.9 Å². The lowest BCUT2D eigenvalue weighted by Gasteiger charge is -2.06. The van der Waals surface area contributed by atoms with E-state index in [0.717, 1.165) is 12.0 Å². The van der Waals surface area contributed by atoms with Gasteiger partial charge in [-0.1, -0.05) is 12.1 Å². The number of hydrogen-bond acceptors (Lipinski definition) is 5. The first-order chi connectivity index (χ1) is 9.63. The summed E-state index contributed by atoms with van der Waals surface area (Å²) in [5, 5.41) is 16.3. The molecule has 0 aliphatic rings. The Morgan fingerprint density at radius 1 is 1.45 bits per heavy atom. The third kappa shape index (κ3) is 6.26. The highest BCUT2D eigenvalue weighted by Crippen LogP contribution is 2.12. The molecule has 0 aliphatic heterocycles. The van der Waals surface area contributed by atoms with E-state index >= 15 is 0 Å². The minimum absolute atomic E-state index is 0.0494. The van der Waals surface area contributed by atoms with E-state index in [2.05, 4.69) is 10.6 Å². The molecule has 1 aromatic carbocycles. The van der Waals surface area contributed by atoms with Crippen LogP contribution < -0.4 is 10.6 Å². The number of amides is 1. The molecule has 0 radical (unpaired) electrons. The van der Waals surface area contributed by atoms with Crippen LogP contribution in [0, 0.1) is 10.1 Å². The smallest absolute Gasteiger partial charge is 0.269 e. The topological polar surface area (TPSA) is 93.5 Å². The van der Waals surface area contributed by atoms with Crippen LogP contribution in [0.4, 0.5) is 5.69 Å². The van der Waals surface area contributed by atoms with Crippen molar-refractivity contribution in [1.82, 2.24) is 10.6 Å². The highest BCUT2D eigenvalue weighted by molar-refractivity contribution is 5.77. The van der Waals surface area contributed by atoms with Crippen LogP contribution in [0.1, 0.15) is 12.0 Å². The summed E-state index contributed by atoms with van der Waals surface area (Å²) in [6.07, 6.45) is 0.771. The summed E-state index contributed by atoms with van der Waals surface area (Å²) in [6.45, 7) is 1.77. The van der Waals surface area contributed by atoms with Crippen molar-refractivity contribution in [2.75, 3.05) is 26.8 Å². The third-order valence-electron chi connectivity index (χ3n) is 2.58. The molecule has 1 aromatic rings. The fraction of sp³-hybridized carbons (Fsp3) is 0.462. The summed E-state index contributed by atoms with van der Waals surface area (Å²) in [6, 6.07) is 6.33. The number of nitro benzene ring substituents is 1. The van der Waals surface area contributed by atoms with Crippen LogP contribution in [0.2, 0.25) is 0 Å². The van der Waals surface area contributed by atoms with Gasteiger partial charge in [0.05, 0.1) is 11.5 Å². The lowest BCUT2D eigenvalue weighted by molar-refractivity contribution is -0.384. The molecule has 7 nitrogen and oxygen atoms in total. The summed E-state index contributed by atoms with van der Waals surface area (Å²) in [5.41, 5.74) is 0.819. The number of carbonyl (C=O) groups is 1. The molecule has 1 amide bonds. The van der Waals surface area contributed by atoms with Crippen molar-refractivity contribution in [1.29, 1.82) is 0 Å². The Kier molecular flexibility index (Phi) is 7.23. The Morgan fingerprint density at radius 3 is 2.95 bits per heavy atom. The highest BCUT2D eigenvalue weighted by atomic mass is 16.6. The number of nitrogens with one attached hydrogen (secondary N) is 2. The molecule has 0 aromatic heterocycles. The van der Waals surface area contributed by atoms with E-state index in [9.17, 15) is 14.9 Å². The second kappa shape index (κ2) is 9.00. The number of non-ortho nitro benzene ring substituents is 1. The number of benzene rings is 1. The molecule has 7 heteroatoms. The van der Waals surface area contributed by atoms with Gasteiger partial charge in [0.15, 0.2) is 0 Å². The second-order valence-corrected chi connectivity index (χ2v) is 4.23. The maximum absolute atomic E-state index is 11.4. The molecule has 20 heavy (non-hydrogen) atoms. The molecule has 1 rings (SSSR count). The number of methoxy groups -OCH3 is 1. The van der Waals surface area contributed by atoms with E-state index < -0.39 is 4.92 Å². The van der Waals surface area contributed by atoms with Gasteiger partial charge in [0.1, 0.15) is 0 Å². The minimum atomic E-state index is -0.438. The molecule has 0 spiro atoms. The van der Waals surface area contributed by atoms with E-state index in [1.54, 1.807) is 19.2 Å². The maximum atomic E-state index is 11.4. The minimum Gasteiger partial charge on any atom is -0.385 e. The Morgan fingerprint density at radius 2 is 2.25 bits per heavy atom. The van der Waals surface area contributed by atoms with Gasteiger partial charge in [0, 0.05) is 38.9 Å². The summed E-state index contributed by atoms with van der Waals surface area (Å²) in [5.74, 6) is -0.105. The van der Waals surface area contributed by atoms with E-state index in [1.807, 2.05) is 0 Å². The van der Waals surface area contributed by atoms with Gasteiger partial charge in [-0.15, -0.1) is 0 Å². The van der Waals surface area contributed by atoms with Gasteiger partial charge >= 0.3 is 0 Å². The molecule has 2 N–H and O–H groups in total. The van der Waals surface area contributed by atoms with Gasteiger partial charge in [-0.2, -0.15) is 0 Å². The van der Waals surface area contributed by atoms with Crippen molar-refractivity contribution in [3.63, 3.8) is 0 Å². The SMILES string of the molecule is COCCCNC(=O)CNCc1cccc([N+](=O)[O-])c1. The first kappa shape index (κ1) is 16.1. The fourth-order valence-electron chi connectivity index (χ4n) is 1.61. The number of carbonyl (C=O) groups excluding carboxylic acids is 1. The zero-order valence-corrected chi connectivity index (χ0v) is 11.4. The van der Waals surface area contributed by atoms with Gasteiger partial charge in [-0.05, 0) is 12.0 Å². The Hall–Kier alpha value is -1.99. The average Bonchev–Trinajstić information content (AvgIpc) is 2.44. The van der Waals surface area contributed by atoms with Crippen LogP contribution >= 0.6 is 0 Å². The Labute approximate surface area is 117 Å². The van der Waals surface area contributed by atoms with E-state index in [4.69, 9.17) is 4.74 Å². The number of nitrogens with zero attached hydrogens (tertiary/aromatic N) is 1. The van der Waals surface area contributed by atoms with Crippen molar-refractivity contribution in [2.45, 2.75) is 13.0 Å². The summed E-state index contributed by atoms with van der Waals surface area (Å²) >= 11 is 0. The quantitative estimate of drug-likeness (QED) is 0.397. The van der Waals surface area contributed by atoms with Crippen molar-refractivity contribution >= 4 is 11.6 Å². The lowest BCUT2D eigenvalue weighted by atomic mass is 10.2. The standard InChI is InChI=1S/C13H19N3O4/c1-20-7-3-6-15-13(17)10-14-9-11-4-2-5-12(8-11)16(18)19/h2,4-5,8,14H,3,6-7,9-10H2,1H3,(H,15,17). The van der Waals surface area contributed by atoms with Gasteiger partial charge in [0.25, 0.3) is 5.69 Å². The number of rotatable bonds is 9. The molecular weight excluding hydrogens is 262 g/mol. The van der Waals surface area contributed by atoms with Crippen LogP contribution in [0.3, 0.4) is 0 Å². The van der Waals surface area contributed by atoms with Crippen LogP contribution in [0.5, 0.6) is 0 Å². The normalized spacial score (nSPS) is 10.2. The molecule has 0 fully saturated rings. The molecule has 0 unspecified atom stereocenters. The van der Waals surface area contributed by atoms with Crippen LogP contribution in [0.15, 0.2) is 24.3 Å². The van der Waals surface area contributed by atoms with Crippen molar-refractivity contribution in [3.8, 4) is 0 Å². The molecule has 0 saturated carbocycles. The van der Waals surface area contributed by atoms with Crippen LogP contribution in [-0.2, 0) is 16.1 Å². The number of nitro groups is 1. The zero-order chi connectivity index (χ0) is 14.8. The maximum Gasteiger partial charge on any atom is 0.269 e. The van der Waals surface area contributed by atoms with E-state index in [0.29, 0.717) is 19.7 Å². The molecule has 0 heterocycles. The van der Waals surface area contributed by atoms with Crippen LogP contribution in [-0.4, -0.2) is 37.6 Å². The Balaban J connectivity index is 2.25. The molecular formula is C13H19N3O4. The second-order valence-electron chi connectivity index (χ2n) is 4.23. The van der Waals surface area contributed by atoms with Crippen molar-refractivity contribution in [3.05, 3.63) is 39.9 Å². The zero-order valence-electron chi connectivity index (χ0n) is 11.4. The van der Waals surface area contributed by atoms with Crippen molar-refractivity contribution < 1.29 is 14.5 Å². The third-order valence-corrected chi connectivity index (χ3v) is 2.58. The van der Waals surface area contributed by atoms with E-state index in [1.165, 1.54) is 12.1 Å².